The summed E-state index contributed by atoms with van der Waals surface area (Å²) in [7, 11) is 0. The largest absolute Gasteiger partial charge is 0.425 e. The number of likely N-dealkylation sites (tertiary alicyclic amines) is 1. The minimum Gasteiger partial charge on any atom is -0.362 e. The molecule has 0 aromatic rings. The monoisotopic (exact) mass is 537 g/mol. The van der Waals surface area contributed by atoms with Crippen LogP contribution in [0.15, 0.2) is 0 Å². The van der Waals surface area contributed by atoms with Crippen LogP contribution in [0.1, 0.15) is 25.7 Å². The molecule has 0 spiro atoms. The van der Waals surface area contributed by atoms with E-state index in [-0.39, 0.29) is 0 Å². The molecule has 2 rings (SSSR count). The van der Waals surface area contributed by atoms with Crippen molar-refractivity contribution in [3.8, 4) is 0 Å². The predicted octanol–water partition coefficient (Wildman–Crippen LogP) is 6.45. The maximum absolute atomic E-state index is 14.7. The van der Waals surface area contributed by atoms with Crippen molar-refractivity contribution in [3.05, 3.63) is 0 Å². The number of halogens is 15. The van der Waals surface area contributed by atoms with E-state index < -0.39 is 111 Å². The van der Waals surface area contributed by atoms with Crippen LogP contribution in [0.4, 0.5) is 65.9 Å². The summed E-state index contributed by atoms with van der Waals surface area (Å²) in [6.45, 7) is -3.22. The maximum atomic E-state index is 14.7. The van der Waals surface area contributed by atoms with Crippen molar-refractivity contribution < 1.29 is 70.6 Å². The lowest BCUT2D eigenvalue weighted by Gasteiger charge is -2.44. The summed E-state index contributed by atoms with van der Waals surface area (Å²) >= 11 is 0. The molecular formula is C17H18F15NO. The zero-order chi connectivity index (χ0) is 26.5. The summed E-state index contributed by atoms with van der Waals surface area (Å²) in [5.41, 5.74) is 0. The van der Waals surface area contributed by atoms with Crippen LogP contribution in [-0.2, 0) is 4.74 Å². The minimum atomic E-state index is -6.10. The van der Waals surface area contributed by atoms with Crippen LogP contribution in [-0.4, -0.2) is 73.0 Å². The third-order valence-corrected chi connectivity index (χ3v) is 5.79. The molecule has 17 heteroatoms. The SMILES string of the molecule is FC(N1CC(C(F)(F)F)CC(C(F)(F)F)C1)C(F)(F)C1CCCC(C(F)(F)C(F)C(F)(F)F)O1. The molecule has 0 bridgehead atoms. The first-order chi connectivity index (χ1) is 15.1. The summed E-state index contributed by atoms with van der Waals surface area (Å²) < 4.78 is 204. The number of hydrogen-bond donors (Lipinski definition) is 0. The smallest absolute Gasteiger partial charge is 0.362 e. The van der Waals surface area contributed by atoms with E-state index in [4.69, 9.17) is 0 Å². The Bertz CT molecular complexity index is 666. The van der Waals surface area contributed by atoms with Gasteiger partial charge < -0.3 is 4.74 Å². The number of piperidine rings is 1. The fourth-order valence-electron chi connectivity index (χ4n) is 3.96. The Hall–Kier alpha value is -1.13. The molecule has 0 aliphatic carbocycles. The Labute approximate surface area is 182 Å². The van der Waals surface area contributed by atoms with Crippen molar-refractivity contribution in [3.63, 3.8) is 0 Å². The normalized spacial score (nSPS) is 30.8. The molecule has 2 heterocycles. The van der Waals surface area contributed by atoms with Gasteiger partial charge in [-0.2, -0.15) is 48.3 Å². The summed E-state index contributed by atoms with van der Waals surface area (Å²) in [6.07, 6.45) is -35.7. The van der Waals surface area contributed by atoms with Gasteiger partial charge in [0.05, 0.1) is 11.8 Å². The highest BCUT2D eigenvalue weighted by Crippen LogP contribution is 2.47. The Morgan fingerprint density at radius 1 is 0.647 bits per heavy atom. The molecule has 2 aliphatic heterocycles. The number of hydrogen-bond acceptors (Lipinski definition) is 2. The van der Waals surface area contributed by atoms with E-state index in [9.17, 15) is 65.9 Å². The van der Waals surface area contributed by atoms with Crippen molar-refractivity contribution in [1.82, 2.24) is 4.90 Å². The van der Waals surface area contributed by atoms with Crippen LogP contribution in [0.3, 0.4) is 0 Å². The van der Waals surface area contributed by atoms with Crippen molar-refractivity contribution in [2.75, 3.05) is 13.1 Å². The first-order valence-electron chi connectivity index (χ1n) is 9.73. The second kappa shape index (κ2) is 9.39. The first-order valence-corrected chi connectivity index (χ1v) is 9.73. The van der Waals surface area contributed by atoms with Gasteiger partial charge in [0.15, 0.2) is 0 Å². The maximum Gasteiger partial charge on any atom is 0.425 e. The highest BCUT2D eigenvalue weighted by Gasteiger charge is 2.64. The molecule has 0 aromatic heterocycles. The first kappa shape index (κ1) is 29.1. The van der Waals surface area contributed by atoms with Gasteiger partial charge in [0.2, 0.25) is 6.30 Å². The molecule has 6 unspecified atom stereocenters. The van der Waals surface area contributed by atoms with Crippen molar-refractivity contribution in [1.29, 1.82) is 0 Å². The summed E-state index contributed by atoms with van der Waals surface area (Å²) in [5.74, 6) is -16.1. The molecule has 2 saturated heterocycles. The molecule has 0 radical (unpaired) electrons. The van der Waals surface area contributed by atoms with Gasteiger partial charge in [-0.3, -0.25) is 4.90 Å². The average Bonchev–Trinajstić information content (AvgIpc) is 2.70. The van der Waals surface area contributed by atoms with Crippen molar-refractivity contribution in [2.45, 2.75) is 80.7 Å². The lowest BCUT2D eigenvalue weighted by Crippen LogP contribution is -2.61. The van der Waals surface area contributed by atoms with Gasteiger partial charge in [-0.15, -0.1) is 0 Å². The molecule has 0 aromatic carbocycles. The predicted molar refractivity (Wildman–Crippen MR) is 83.5 cm³/mol. The molecule has 0 amide bonds. The van der Waals surface area contributed by atoms with Crippen LogP contribution in [0.2, 0.25) is 0 Å². The van der Waals surface area contributed by atoms with E-state index in [1.807, 2.05) is 0 Å². The second-order valence-corrected chi connectivity index (χ2v) is 8.30. The zero-order valence-corrected chi connectivity index (χ0v) is 16.7. The van der Waals surface area contributed by atoms with E-state index in [0.29, 0.717) is 0 Å². The highest BCUT2D eigenvalue weighted by atomic mass is 19.4. The molecule has 2 aliphatic rings. The van der Waals surface area contributed by atoms with Gasteiger partial charge in [-0.25, -0.2) is 17.6 Å². The van der Waals surface area contributed by atoms with Gasteiger partial charge in [0.1, 0.15) is 12.2 Å². The fourth-order valence-corrected chi connectivity index (χ4v) is 3.96. The van der Waals surface area contributed by atoms with E-state index in [2.05, 4.69) is 4.74 Å². The van der Waals surface area contributed by atoms with E-state index in [1.165, 1.54) is 0 Å². The third-order valence-electron chi connectivity index (χ3n) is 5.79. The highest BCUT2D eigenvalue weighted by molar-refractivity contribution is 4.97. The Morgan fingerprint density at radius 2 is 1.06 bits per heavy atom. The topological polar surface area (TPSA) is 12.5 Å². The number of alkyl halides is 15. The van der Waals surface area contributed by atoms with Crippen LogP contribution in [0, 0.1) is 11.8 Å². The number of ether oxygens (including phenoxy) is 1. The van der Waals surface area contributed by atoms with Gasteiger partial charge in [-0.05, 0) is 25.7 Å². The minimum absolute atomic E-state index is 0.446. The Balaban J connectivity index is 2.25. The van der Waals surface area contributed by atoms with Gasteiger partial charge in [0.25, 0.3) is 6.17 Å². The standard InChI is InChI=1S/C17H18F15NO/c18-11(17(30,31)32)13(20,21)9-2-1-3-10(34-9)14(22,23)12(19)33-5-7(15(24,25)26)4-8(6-33)16(27,28)29/h7-12H,1-6H2. The molecule has 2 nitrogen and oxygen atoms in total. The van der Waals surface area contributed by atoms with Crippen molar-refractivity contribution >= 4 is 0 Å². The van der Waals surface area contributed by atoms with Crippen molar-refractivity contribution in [2.24, 2.45) is 11.8 Å². The molecule has 0 N–H and O–H groups in total. The second-order valence-electron chi connectivity index (χ2n) is 8.30. The summed E-state index contributed by atoms with van der Waals surface area (Å²) in [4.78, 5) is -0.446. The molecule has 202 valence electrons. The summed E-state index contributed by atoms with van der Waals surface area (Å²) in [5, 5.41) is 0. The number of nitrogens with zero attached hydrogens (tertiary/aromatic N) is 1. The lowest BCUT2D eigenvalue weighted by atomic mass is 9.87. The number of rotatable bonds is 5. The fraction of sp³-hybridized carbons (Fsp3) is 1.00. The van der Waals surface area contributed by atoms with E-state index in [0.717, 1.165) is 0 Å². The molecule has 2 fully saturated rings. The van der Waals surface area contributed by atoms with Crippen LogP contribution >= 0.6 is 0 Å². The summed E-state index contributed by atoms with van der Waals surface area (Å²) in [6, 6.07) is 0. The van der Waals surface area contributed by atoms with Crippen LogP contribution < -0.4 is 0 Å². The van der Waals surface area contributed by atoms with Crippen LogP contribution in [0.25, 0.3) is 0 Å². The lowest BCUT2D eigenvalue weighted by molar-refractivity contribution is -0.308. The van der Waals surface area contributed by atoms with Gasteiger partial charge >= 0.3 is 30.4 Å². The molecular weight excluding hydrogens is 519 g/mol. The third kappa shape index (κ3) is 6.16. The van der Waals surface area contributed by atoms with E-state index in [1.54, 1.807) is 0 Å². The van der Waals surface area contributed by atoms with Gasteiger partial charge in [0, 0.05) is 13.1 Å². The van der Waals surface area contributed by atoms with E-state index >= 15 is 0 Å². The quantitative estimate of drug-likeness (QED) is 0.295. The Kier molecular flexibility index (Phi) is 8.04. The van der Waals surface area contributed by atoms with Crippen LogP contribution in [0.5, 0.6) is 0 Å². The Morgan fingerprint density at radius 3 is 1.44 bits per heavy atom. The van der Waals surface area contributed by atoms with Gasteiger partial charge in [-0.1, -0.05) is 0 Å². The average molecular weight is 537 g/mol. The molecule has 34 heavy (non-hydrogen) atoms. The zero-order valence-electron chi connectivity index (χ0n) is 16.7. The molecule has 6 atom stereocenters. The molecule has 0 saturated carbocycles.